The molecule has 0 amide bonds. The molecule has 3 heteroatoms. The number of carbonyl (C=O) groups excluding carboxylic acids is 1. The summed E-state index contributed by atoms with van der Waals surface area (Å²) in [7, 11) is 0. The van der Waals surface area contributed by atoms with E-state index in [2.05, 4.69) is 0 Å². The normalized spacial score (nSPS) is 9.25. The van der Waals surface area contributed by atoms with E-state index in [0.29, 0.717) is 11.1 Å². The minimum Gasteiger partial charge on any atom is -0.507 e. The number of carbonyl (C=O) groups is 1. The molecule has 0 saturated heterocycles. The van der Waals surface area contributed by atoms with Gasteiger partial charge in [-0.25, -0.2) is 0 Å². The second kappa shape index (κ2) is 5.09. The second-order valence-electron chi connectivity index (χ2n) is 3.21. The summed E-state index contributed by atoms with van der Waals surface area (Å²) in [6.07, 6.45) is 0. The Balaban J connectivity index is 0.00000128. The van der Waals surface area contributed by atoms with Crippen LogP contribution >= 0.6 is 0 Å². The standard InChI is InChI=1S/C13H10O2.H3N/c14-12-9-5-4-8-11(12)13(15)10-6-2-1-3-7-10;/h1-9,14H;1H3. The summed E-state index contributed by atoms with van der Waals surface area (Å²) in [5, 5.41) is 9.52. The lowest BCUT2D eigenvalue weighted by Crippen LogP contribution is -2.00. The maximum atomic E-state index is 11.9. The molecule has 0 unspecified atom stereocenters. The van der Waals surface area contributed by atoms with Crippen LogP contribution in [0.5, 0.6) is 5.75 Å². The number of rotatable bonds is 2. The van der Waals surface area contributed by atoms with E-state index >= 15 is 0 Å². The molecule has 2 rings (SSSR count). The van der Waals surface area contributed by atoms with Gasteiger partial charge in [0.2, 0.25) is 0 Å². The Labute approximate surface area is 93.9 Å². The number of ketones is 1. The zero-order chi connectivity index (χ0) is 10.7. The van der Waals surface area contributed by atoms with Crippen LogP contribution in [0.3, 0.4) is 0 Å². The fourth-order valence-corrected chi connectivity index (χ4v) is 1.41. The Morgan fingerprint density at radius 2 is 1.44 bits per heavy atom. The molecule has 0 aliphatic heterocycles. The number of para-hydroxylation sites is 1. The molecule has 0 fully saturated rings. The summed E-state index contributed by atoms with van der Waals surface area (Å²) in [6, 6.07) is 15.5. The quantitative estimate of drug-likeness (QED) is 0.756. The minimum absolute atomic E-state index is 0. The molecule has 0 spiro atoms. The molecule has 0 saturated carbocycles. The van der Waals surface area contributed by atoms with E-state index in [1.54, 1.807) is 42.5 Å². The van der Waals surface area contributed by atoms with E-state index in [1.165, 1.54) is 6.07 Å². The summed E-state index contributed by atoms with van der Waals surface area (Å²) in [5.74, 6) is -0.139. The van der Waals surface area contributed by atoms with E-state index in [0.717, 1.165) is 0 Å². The summed E-state index contributed by atoms with van der Waals surface area (Å²) in [6.45, 7) is 0. The van der Waals surface area contributed by atoms with Crippen LogP contribution in [0.2, 0.25) is 0 Å². The number of benzene rings is 2. The molecule has 0 bridgehead atoms. The highest BCUT2D eigenvalue weighted by Gasteiger charge is 2.11. The molecule has 0 atom stereocenters. The summed E-state index contributed by atoms with van der Waals surface area (Å²) in [4.78, 5) is 11.9. The Kier molecular flexibility index (Phi) is 3.80. The van der Waals surface area contributed by atoms with Crippen LogP contribution < -0.4 is 6.15 Å². The molecular formula is C13H13NO2. The average molecular weight is 215 g/mol. The first-order valence-corrected chi connectivity index (χ1v) is 4.67. The van der Waals surface area contributed by atoms with Crippen molar-refractivity contribution < 1.29 is 9.90 Å². The first-order valence-electron chi connectivity index (χ1n) is 4.67. The smallest absolute Gasteiger partial charge is 0.196 e. The van der Waals surface area contributed by atoms with Crippen molar-refractivity contribution >= 4 is 5.78 Å². The number of phenols is 1. The van der Waals surface area contributed by atoms with Crippen molar-refractivity contribution in [1.29, 1.82) is 0 Å². The van der Waals surface area contributed by atoms with Gasteiger partial charge in [-0.2, -0.15) is 0 Å². The van der Waals surface area contributed by atoms with E-state index in [1.807, 2.05) is 6.07 Å². The fraction of sp³-hybridized carbons (Fsp3) is 0. The minimum atomic E-state index is -0.159. The van der Waals surface area contributed by atoms with Gasteiger partial charge in [0.05, 0.1) is 5.56 Å². The molecule has 16 heavy (non-hydrogen) atoms. The highest BCUT2D eigenvalue weighted by Crippen LogP contribution is 2.19. The molecule has 0 aliphatic carbocycles. The van der Waals surface area contributed by atoms with Crippen molar-refractivity contribution in [1.82, 2.24) is 6.15 Å². The second-order valence-corrected chi connectivity index (χ2v) is 3.21. The Bertz CT molecular complexity index is 480. The Morgan fingerprint density at radius 3 is 2.06 bits per heavy atom. The Morgan fingerprint density at radius 1 is 0.875 bits per heavy atom. The number of hydrogen-bond donors (Lipinski definition) is 2. The van der Waals surface area contributed by atoms with Crippen LogP contribution in [0, 0.1) is 0 Å². The molecule has 4 N–H and O–H groups in total. The number of phenolic OH excluding ortho intramolecular Hbond substituents is 1. The summed E-state index contributed by atoms with van der Waals surface area (Å²) >= 11 is 0. The van der Waals surface area contributed by atoms with E-state index in [-0.39, 0.29) is 17.7 Å². The molecule has 0 radical (unpaired) electrons. The largest absolute Gasteiger partial charge is 0.507 e. The molecule has 82 valence electrons. The van der Waals surface area contributed by atoms with Gasteiger partial charge in [0.1, 0.15) is 5.75 Å². The van der Waals surface area contributed by atoms with Gasteiger partial charge in [0, 0.05) is 5.56 Å². The van der Waals surface area contributed by atoms with Crippen molar-refractivity contribution in [2.75, 3.05) is 0 Å². The highest BCUT2D eigenvalue weighted by atomic mass is 16.3. The van der Waals surface area contributed by atoms with Crippen LogP contribution in [0.1, 0.15) is 15.9 Å². The lowest BCUT2D eigenvalue weighted by atomic mass is 10.0. The van der Waals surface area contributed by atoms with Gasteiger partial charge in [-0.3, -0.25) is 4.79 Å². The van der Waals surface area contributed by atoms with Crippen LogP contribution in [0.25, 0.3) is 0 Å². The lowest BCUT2D eigenvalue weighted by molar-refractivity contribution is 0.103. The zero-order valence-corrected chi connectivity index (χ0v) is 8.76. The summed E-state index contributed by atoms with van der Waals surface area (Å²) < 4.78 is 0. The predicted octanol–water partition coefficient (Wildman–Crippen LogP) is 2.79. The van der Waals surface area contributed by atoms with Crippen molar-refractivity contribution in [3.63, 3.8) is 0 Å². The van der Waals surface area contributed by atoms with Gasteiger partial charge < -0.3 is 11.3 Å². The van der Waals surface area contributed by atoms with Crippen LogP contribution in [0.15, 0.2) is 54.6 Å². The van der Waals surface area contributed by atoms with E-state index < -0.39 is 0 Å². The fourth-order valence-electron chi connectivity index (χ4n) is 1.41. The lowest BCUT2D eigenvalue weighted by Gasteiger charge is -2.02. The molecule has 0 aliphatic rings. The van der Waals surface area contributed by atoms with Crippen LogP contribution in [-0.4, -0.2) is 10.9 Å². The van der Waals surface area contributed by atoms with Crippen molar-refractivity contribution in [3.8, 4) is 5.75 Å². The van der Waals surface area contributed by atoms with Gasteiger partial charge in [-0.1, -0.05) is 42.5 Å². The summed E-state index contributed by atoms with van der Waals surface area (Å²) in [5.41, 5.74) is 0.919. The van der Waals surface area contributed by atoms with Gasteiger partial charge in [0.25, 0.3) is 0 Å². The number of aromatic hydroxyl groups is 1. The molecule has 0 heterocycles. The third-order valence-corrected chi connectivity index (χ3v) is 2.18. The number of hydrogen-bond acceptors (Lipinski definition) is 3. The van der Waals surface area contributed by atoms with Crippen LogP contribution in [-0.2, 0) is 0 Å². The maximum Gasteiger partial charge on any atom is 0.196 e. The first kappa shape index (κ1) is 11.9. The third kappa shape index (κ3) is 2.27. The van der Waals surface area contributed by atoms with Gasteiger partial charge >= 0.3 is 0 Å². The predicted molar refractivity (Wildman–Crippen MR) is 63.0 cm³/mol. The molecule has 2 aromatic carbocycles. The van der Waals surface area contributed by atoms with Gasteiger partial charge in [-0.15, -0.1) is 0 Å². The van der Waals surface area contributed by atoms with E-state index in [4.69, 9.17) is 0 Å². The third-order valence-electron chi connectivity index (χ3n) is 2.18. The van der Waals surface area contributed by atoms with Crippen molar-refractivity contribution in [2.24, 2.45) is 0 Å². The zero-order valence-electron chi connectivity index (χ0n) is 8.76. The van der Waals surface area contributed by atoms with Crippen LogP contribution in [0.4, 0.5) is 0 Å². The molecular weight excluding hydrogens is 202 g/mol. The Hall–Kier alpha value is -2.13. The molecule has 2 aromatic rings. The monoisotopic (exact) mass is 215 g/mol. The van der Waals surface area contributed by atoms with Gasteiger partial charge in [0.15, 0.2) is 5.78 Å². The highest BCUT2D eigenvalue weighted by molar-refractivity contribution is 6.10. The van der Waals surface area contributed by atoms with Crippen molar-refractivity contribution in [2.45, 2.75) is 0 Å². The average Bonchev–Trinajstić information content (AvgIpc) is 2.30. The maximum absolute atomic E-state index is 11.9. The molecule has 0 aromatic heterocycles. The topological polar surface area (TPSA) is 72.3 Å². The van der Waals surface area contributed by atoms with E-state index in [9.17, 15) is 9.90 Å². The molecule has 3 nitrogen and oxygen atoms in total. The van der Waals surface area contributed by atoms with Gasteiger partial charge in [-0.05, 0) is 12.1 Å². The van der Waals surface area contributed by atoms with Crippen molar-refractivity contribution in [3.05, 3.63) is 65.7 Å². The first-order chi connectivity index (χ1) is 7.29. The SMILES string of the molecule is N.O=C(c1ccccc1)c1ccccc1O.